The average Bonchev–Trinajstić information content (AvgIpc) is 2.96. The third-order valence-corrected chi connectivity index (χ3v) is 8.52. The van der Waals surface area contributed by atoms with E-state index in [0.29, 0.717) is 6.54 Å². The van der Waals surface area contributed by atoms with Gasteiger partial charge in [-0.1, -0.05) is 115 Å². The Labute approximate surface area is 220 Å². The van der Waals surface area contributed by atoms with Gasteiger partial charge in [0.05, 0.1) is 0 Å². The summed E-state index contributed by atoms with van der Waals surface area (Å²) in [5.41, 5.74) is 11.5. The van der Waals surface area contributed by atoms with Crippen LogP contribution in [0.3, 0.4) is 0 Å². The van der Waals surface area contributed by atoms with Gasteiger partial charge in [-0.05, 0) is 73.3 Å². The fourth-order valence-corrected chi connectivity index (χ4v) is 6.17. The molecule has 4 aromatic carbocycles. The Morgan fingerprint density at radius 3 is 1.64 bits per heavy atom. The maximum Gasteiger partial charge on any atom is 0.0463 e. The van der Waals surface area contributed by atoms with Crippen LogP contribution >= 0.6 is 11.6 Å². The molecule has 1 aliphatic heterocycles. The molecule has 0 bridgehead atoms. The molecule has 0 atom stereocenters. The lowest BCUT2D eigenvalue weighted by atomic mass is 9.67. The number of piperidine rings is 1. The van der Waals surface area contributed by atoms with E-state index in [4.69, 9.17) is 17.3 Å². The Morgan fingerprint density at radius 2 is 1.14 bits per heavy atom. The second-order valence-corrected chi connectivity index (χ2v) is 10.5. The minimum Gasteiger partial charge on any atom is -0.330 e. The zero-order chi connectivity index (χ0) is 24.8. The molecule has 36 heavy (non-hydrogen) atoms. The number of likely N-dealkylation sites (tertiary alicyclic amines) is 1. The van der Waals surface area contributed by atoms with Gasteiger partial charge in [0, 0.05) is 22.4 Å². The highest BCUT2D eigenvalue weighted by molar-refractivity contribution is 6.30. The maximum atomic E-state index is 6.37. The highest BCUT2D eigenvalue weighted by Crippen LogP contribution is 2.43. The number of halogens is 1. The molecule has 2 N–H and O–H groups in total. The van der Waals surface area contributed by atoms with Gasteiger partial charge in [0.25, 0.3) is 0 Å². The molecule has 0 aliphatic carbocycles. The van der Waals surface area contributed by atoms with E-state index < -0.39 is 0 Å². The summed E-state index contributed by atoms with van der Waals surface area (Å²) in [5, 5.41) is 0.767. The van der Waals surface area contributed by atoms with E-state index in [9.17, 15) is 0 Å². The third kappa shape index (κ3) is 4.86. The lowest BCUT2D eigenvalue weighted by molar-refractivity contribution is 0.155. The first-order chi connectivity index (χ1) is 17.7. The van der Waals surface area contributed by atoms with Gasteiger partial charge in [0.15, 0.2) is 0 Å². The molecule has 2 nitrogen and oxygen atoms in total. The molecule has 184 valence electrons. The van der Waals surface area contributed by atoms with Gasteiger partial charge in [-0.2, -0.15) is 0 Å². The van der Waals surface area contributed by atoms with E-state index in [2.05, 4.69) is 108 Å². The van der Waals surface area contributed by atoms with Crippen LogP contribution < -0.4 is 5.73 Å². The molecule has 1 aliphatic rings. The van der Waals surface area contributed by atoms with E-state index in [1.165, 1.54) is 22.3 Å². The standard InChI is InChI=1S/C33H35ClN2/c34-31-18-16-30(17-19-31)33(28-12-6-2-7-13-28,29-14-8-3-9-15-29)22-25-36-23-20-32(26-35,21-24-36)27-10-4-1-5-11-27/h1-19H,20-26,35H2. The van der Waals surface area contributed by atoms with Crippen molar-refractivity contribution in [3.05, 3.63) is 143 Å². The normalized spacial score (nSPS) is 16.1. The Bertz CT molecular complexity index is 1180. The van der Waals surface area contributed by atoms with Crippen LogP contribution in [-0.4, -0.2) is 31.1 Å². The van der Waals surface area contributed by atoms with Crippen molar-refractivity contribution in [2.75, 3.05) is 26.2 Å². The molecule has 1 heterocycles. The van der Waals surface area contributed by atoms with E-state index in [-0.39, 0.29) is 10.8 Å². The summed E-state index contributed by atoms with van der Waals surface area (Å²) in [6, 6.07) is 41.2. The lowest BCUT2D eigenvalue weighted by Crippen LogP contribution is -2.47. The molecule has 0 radical (unpaired) electrons. The monoisotopic (exact) mass is 494 g/mol. The van der Waals surface area contributed by atoms with Gasteiger partial charge in [0.1, 0.15) is 0 Å². The lowest BCUT2D eigenvalue weighted by Gasteiger charge is -2.43. The molecular weight excluding hydrogens is 460 g/mol. The molecule has 1 saturated heterocycles. The Balaban J connectivity index is 1.45. The van der Waals surface area contributed by atoms with Gasteiger partial charge in [-0.25, -0.2) is 0 Å². The van der Waals surface area contributed by atoms with Crippen molar-refractivity contribution in [1.82, 2.24) is 4.90 Å². The minimum absolute atomic E-state index is 0.0872. The van der Waals surface area contributed by atoms with E-state index in [1.54, 1.807) is 0 Å². The third-order valence-electron chi connectivity index (χ3n) is 8.26. The van der Waals surface area contributed by atoms with Crippen molar-refractivity contribution in [3.63, 3.8) is 0 Å². The zero-order valence-corrected chi connectivity index (χ0v) is 21.6. The van der Waals surface area contributed by atoms with Gasteiger partial charge >= 0.3 is 0 Å². The molecule has 0 spiro atoms. The summed E-state index contributed by atoms with van der Waals surface area (Å²) in [6.07, 6.45) is 3.18. The predicted octanol–water partition coefficient (Wildman–Crippen LogP) is 7.06. The molecule has 0 saturated carbocycles. The minimum atomic E-state index is -0.255. The first kappa shape index (κ1) is 24.8. The Hall–Kier alpha value is -2.91. The van der Waals surface area contributed by atoms with Crippen LogP contribution in [0.2, 0.25) is 5.02 Å². The smallest absolute Gasteiger partial charge is 0.0463 e. The van der Waals surface area contributed by atoms with Crippen LogP contribution in [0.25, 0.3) is 0 Å². The zero-order valence-electron chi connectivity index (χ0n) is 20.8. The predicted molar refractivity (Wildman–Crippen MR) is 152 cm³/mol. The molecule has 1 fully saturated rings. The average molecular weight is 495 g/mol. The SMILES string of the molecule is NCC1(c2ccccc2)CCN(CCC(c2ccccc2)(c2ccccc2)c2ccc(Cl)cc2)CC1. The highest BCUT2D eigenvalue weighted by Gasteiger charge is 2.39. The topological polar surface area (TPSA) is 29.3 Å². The van der Waals surface area contributed by atoms with Crippen molar-refractivity contribution in [1.29, 1.82) is 0 Å². The van der Waals surface area contributed by atoms with Crippen LogP contribution in [0.5, 0.6) is 0 Å². The summed E-state index contributed by atoms with van der Waals surface area (Å²) in [5.74, 6) is 0. The van der Waals surface area contributed by atoms with Crippen LogP contribution in [0.15, 0.2) is 115 Å². The molecule has 4 aromatic rings. The van der Waals surface area contributed by atoms with Crippen molar-refractivity contribution < 1.29 is 0 Å². The number of hydrogen-bond acceptors (Lipinski definition) is 2. The van der Waals surface area contributed by atoms with Gasteiger partial charge in [-0.3, -0.25) is 0 Å². The Kier molecular flexibility index (Phi) is 7.57. The molecule has 0 aromatic heterocycles. The fourth-order valence-electron chi connectivity index (χ4n) is 6.05. The molecular formula is C33H35ClN2. The quantitative estimate of drug-likeness (QED) is 0.266. The van der Waals surface area contributed by atoms with Crippen LogP contribution in [0, 0.1) is 0 Å². The van der Waals surface area contributed by atoms with E-state index in [1.807, 2.05) is 12.1 Å². The second kappa shape index (κ2) is 11.0. The second-order valence-electron chi connectivity index (χ2n) is 10.1. The van der Waals surface area contributed by atoms with Crippen LogP contribution in [0.4, 0.5) is 0 Å². The number of benzene rings is 4. The maximum absolute atomic E-state index is 6.37. The summed E-state index contributed by atoms with van der Waals surface area (Å²) in [7, 11) is 0. The number of rotatable bonds is 8. The summed E-state index contributed by atoms with van der Waals surface area (Å²) in [4.78, 5) is 2.63. The highest BCUT2D eigenvalue weighted by atomic mass is 35.5. The number of nitrogens with zero attached hydrogens (tertiary/aromatic N) is 1. The van der Waals surface area contributed by atoms with Crippen molar-refractivity contribution in [2.24, 2.45) is 5.73 Å². The molecule has 0 unspecified atom stereocenters. The Morgan fingerprint density at radius 1 is 0.667 bits per heavy atom. The van der Waals surface area contributed by atoms with Crippen LogP contribution in [-0.2, 0) is 10.8 Å². The van der Waals surface area contributed by atoms with Crippen LogP contribution in [0.1, 0.15) is 41.5 Å². The van der Waals surface area contributed by atoms with Crippen molar-refractivity contribution >= 4 is 11.6 Å². The number of hydrogen-bond donors (Lipinski definition) is 1. The molecule has 0 amide bonds. The largest absolute Gasteiger partial charge is 0.330 e. The summed E-state index contributed by atoms with van der Waals surface area (Å²) in [6.45, 7) is 3.84. The summed E-state index contributed by atoms with van der Waals surface area (Å²) >= 11 is 6.33. The first-order valence-electron chi connectivity index (χ1n) is 13.0. The summed E-state index contributed by atoms with van der Waals surface area (Å²) < 4.78 is 0. The van der Waals surface area contributed by atoms with Gasteiger partial charge in [-0.15, -0.1) is 0 Å². The van der Waals surface area contributed by atoms with Crippen molar-refractivity contribution in [2.45, 2.75) is 30.1 Å². The van der Waals surface area contributed by atoms with Gasteiger partial charge in [0.2, 0.25) is 0 Å². The number of nitrogens with two attached hydrogens (primary N) is 1. The first-order valence-corrected chi connectivity index (χ1v) is 13.4. The molecule has 5 rings (SSSR count). The van der Waals surface area contributed by atoms with Crippen molar-refractivity contribution in [3.8, 4) is 0 Å². The van der Waals surface area contributed by atoms with E-state index >= 15 is 0 Å². The molecule has 3 heteroatoms. The van der Waals surface area contributed by atoms with E-state index in [0.717, 1.165) is 43.9 Å². The van der Waals surface area contributed by atoms with Gasteiger partial charge < -0.3 is 10.6 Å². The fraction of sp³-hybridized carbons (Fsp3) is 0.273.